The van der Waals surface area contributed by atoms with Crippen molar-refractivity contribution in [1.82, 2.24) is 5.32 Å². The largest absolute Gasteiger partial charge is 0.416 e. The summed E-state index contributed by atoms with van der Waals surface area (Å²) < 4.78 is 37.8. The van der Waals surface area contributed by atoms with Crippen LogP contribution in [0.2, 0.25) is 0 Å². The number of alkyl halides is 3. The average molecular weight is 297 g/mol. The summed E-state index contributed by atoms with van der Waals surface area (Å²) in [4.78, 5) is 4.13. The summed E-state index contributed by atoms with van der Waals surface area (Å²) in [5, 5.41) is 3.15. The quantitative estimate of drug-likeness (QED) is 0.663. The van der Waals surface area contributed by atoms with Gasteiger partial charge in [0.25, 0.3) is 0 Å². The molecule has 0 bridgehead atoms. The molecule has 0 heterocycles. The van der Waals surface area contributed by atoms with Crippen LogP contribution in [-0.2, 0) is 12.7 Å². The van der Waals surface area contributed by atoms with Gasteiger partial charge in [0.1, 0.15) is 0 Å². The molecule has 21 heavy (non-hydrogen) atoms. The fourth-order valence-electron chi connectivity index (χ4n) is 2.68. The topological polar surface area (TPSA) is 50.4 Å². The maximum Gasteiger partial charge on any atom is 0.416 e. The Morgan fingerprint density at radius 1 is 1.33 bits per heavy atom. The van der Waals surface area contributed by atoms with Gasteiger partial charge >= 0.3 is 6.18 Å². The summed E-state index contributed by atoms with van der Waals surface area (Å²) in [6.07, 6.45) is -0.576. The Morgan fingerprint density at radius 3 is 2.76 bits per heavy atom. The third-order valence-corrected chi connectivity index (χ3v) is 4.09. The molecule has 3 rings (SSSR count). The first-order valence-corrected chi connectivity index (χ1v) is 7.16. The van der Waals surface area contributed by atoms with E-state index in [1.54, 1.807) is 6.07 Å². The molecule has 6 heteroatoms. The maximum absolute atomic E-state index is 12.6. The fraction of sp³-hybridized carbons (Fsp3) is 0.533. The number of rotatable bonds is 4. The van der Waals surface area contributed by atoms with E-state index < -0.39 is 11.7 Å². The SMILES string of the molecule is NC(=NCc1cccc(C(F)(F)F)c1)N[C@@H]1C[C@H]1C1CC1. The van der Waals surface area contributed by atoms with Crippen LogP contribution in [0.4, 0.5) is 13.2 Å². The van der Waals surface area contributed by atoms with Gasteiger partial charge in [0.2, 0.25) is 0 Å². The number of nitrogens with one attached hydrogen (secondary N) is 1. The van der Waals surface area contributed by atoms with Crippen LogP contribution in [0.25, 0.3) is 0 Å². The first-order valence-electron chi connectivity index (χ1n) is 7.16. The number of hydrogen-bond acceptors (Lipinski definition) is 1. The molecule has 0 unspecified atom stereocenters. The molecule has 0 aromatic heterocycles. The van der Waals surface area contributed by atoms with Crippen molar-refractivity contribution in [2.45, 2.75) is 38.0 Å². The van der Waals surface area contributed by atoms with Crippen molar-refractivity contribution in [3.8, 4) is 0 Å². The molecule has 1 aromatic carbocycles. The number of aliphatic imine (C=N–C) groups is 1. The van der Waals surface area contributed by atoms with Gasteiger partial charge in [-0.15, -0.1) is 0 Å². The third-order valence-electron chi connectivity index (χ3n) is 4.09. The van der Waals surface area contributed by atoms with Crippen molar-refractivity contribution in [1.29, 1.82) is 0 Å². The van der Waals surface area contributed by atoms with E-state index in [1.165, 1.54) is 18.9 Å². The van der Waals surface area contributed by atoms with Crippen molar-refractivity contribution in [2.75, 3.05) is 0 Å². The molecule has 114 valence electrons. The van der Waals surface area contributed by atoms with Crippen LogP contribution in [-0.4, -0.2) is 12.0 Å². The van der Waals surface area contributed by atoms with Crippen molar-refractivity contribution in [3.05, 3.63) is 35.4 Å². The van der Waals surface area contributed by atoms with E-state index >= 15 is 0 Å². The van der Waals surface area contributed by atoms with Crippen LogP contribution >= 0.6 is 0 Å². The van der Waals surface area contributed by atoms with Crippen LogP contribution < -0.4 is 11.1 Å². The monoisotopic (exact) mass is 297 g/mol. The lowest BCUT2D eigenvalue weighted by atomic mass is 10.1. The highest BCUT2D eigenvalue weighted by atomic mass is 19.4. The van der Waals surface area contributed by atoms with Crippen molar-refractivity contribution >= 4 is 5.96 Å². The van der Waals surface area contributed by atoms with Crippen LogP contribution in [0, 0.1) is 11.8 Å². The summed E-state index contributed by atoms with van der Waals surface area (Å²) in [5.74, 6) is 1.88. The lowest BCUT2D eigenvalue weighted by Crippen LogP contribution is -2.34. The standard InChI is InChI=1S/C15H18F3N3/c16-15(17,18)11-3-1-2-9(6-11)8-20-14(19)21-13-7-12(13)10-4-5-10/h1-3,6,10,12-13H,4-5,7-8H2,(H3,19,20,21)/t12-,13+/m0/s1. The van der Waals surface area contributed by atoms with E-state index in [9.17, 15) is 13.2 Å². The van der Waals surface area contributed by atoms with Crippen LogP contribution in [0.15, 0.2) is 29.3 Å². The Kier molecular flexibility index (Phi) is 3.55. The summed E-state index contributed by atoms with van der Waals surface area (Å²) in [5.41, 5.74) is 5.63. The van der Waals surface area contributed by atoms with Crippen molar-refractivity contribution < 1.29 is 13.2 Å². The fourth-order valence-corrected chi connectivity index (χ4v) is 2.68. The maximum atomic E-state index is 12.6. The van der Waals surface area contributed by atoms with Gasteiger partial charge in [0, 0.05) is 6.04 Å². The molecule has 0 spiro atoms. The molecule has 2 saturated carbocycles. The summed E-state index contributed by atoms with van der Waals surface area (Å²) in [7, 11) is 0. The van der Waals surface area contributed by atoms with Gasteiger partial charge < -0.3 is 11.1 Å². The zero-order valence-corrected chi connectivity index (χ0v) is 11.5. The second-order valence-corrected chi connectivity index (χ2v) is 5.89. The Morgan fingerprint density at radius 2 is 2.10 bits per heavy atom. The van der Waals surface area contributed by atoms with E-state index in [1.807, 2.05) is 0 Å². The van der Waals surface area contributed by atoms with E-state index in [2.05, 4.69) is 10.3 Å². The molecule has 0 amide bonds. The Hall–Kier alpha value is -1.72. The first-order chi connectivity index (χ1) is 9.93. The number of halogens is 3. The molecular formula is C15H18F3N3. The van der Waals surface area contributed by atoms with Gasteiger partial charge in [-0.1, -0.05) is 12.1 Å². The molecule has 3 nitrogen and oxygen atoms in total. The molecule has 2 aliphatic carbocycles. The highest BCUT2D eigenvalue weighted by Crippen LogP contribution is 2.49. The van der Waals surface area contributed by atoms with E-state index in [0.29, 0.717) is 23.5 Å². The highest BCUT2D eigenvalue weighted by molar-refractivity contribution is 5.78. The van der Waals surface area contributed by atoms with Crippen LogP contribution in [0.3, 0.4) is 0 Å². The molecule has 0 radical (unpaired) electrons. The van der Waals surface area contributed by atoms with E-state index in [0.717, 1.165) is 24.5 Å². The highest BCUT2D eigenvalue weighted by Gasteiger charge is 2.47. The van der Waals surface area contributed by atoms with Crippen molar-refractivity contribution in [3.63, 3.8) is 0 Å². The Bertz CT molecular complexity index is 549. The number of benzene rings is 1. The van der Waals surface area contributed by atoms with Crippen LogP contribution in [0.5, 0.6) is 0 Å². The minimum absolute atomic E-state index is 0.156. The molecule has 3 N–H and O–H groups in total. The molecule has 2 atom stereocenters. The number of guanidine groups is 1. The van der Waals surface area contributed by atoms with E-state index in [-0.39, 0.29) is 6.54 Å². The second-order valence-electron chi connectivity index (χ2n) is 5.89. The van der Waals surface area contributed by atoms with Gasteiger partial charge in [-0.3, -0.25) is 0 Å². The first kappa shape index (κ1) is 14.2. The molecule has 2 aliphatic rings. The summed E-state index contributed by atoms with van der Waals surface area (Å²) >= 11 is 0. The predicted octanol–water partition coefficient (Wildman–Crippen LogP) is 2.91. The number of nitrogens with two attached hydrogens (primary N) is 1. The van der Waals surface area contributed by atoms with Gasteiger partial charge in [-0.25, -0.2) is 4.99 Å². The van der Waals surface area contributed by atoms with Gasteiger partial charge in [-0.05, 0) is 48.8 Å². The van der Waals surface area contributed by atoms with Crippen molar-refractivity contribution in [2.24, 2.45) is 22.6 Å². The summed E-state index contributed by atoms with van der Waals surface area (Å²) in [6, 6.07) is 5.58. The van der Waals surface area contributed by atoms with Crippen LogP contribution in [0.1, 0.15) is 30.4 Å². The number of hydrogen-bond donors (Lipinski definition) is 2. The second kappa shape index (κ2) is 5.24. The van der Waals surface area contributed by atoms with Gasteiger partial charge in [-0.2, -0.15) is 13.2 Å². The average Bonchev–Trinajstić information content (AvgIpc) is 3.29. The summed E-state index contributed by atoms with van der Waals surface area (Å²) in [6.45, 7) is 0.156. The molecule has 0 saturated heterocycles. The zero-order valence-electron chi connectivity index (χ0n) is 11.5. The molecule has 0 aliphatic heterocycles. The lowest BCUT2D eigenvalue weighted by molar-refractivity contribution is -0.137. The normalized spacial score (nSPS) is 25.8. The van der Waals surface area contributed by atoms with E-state index in [4.69, 9.17) is 5.73 Å². The minimum atomic E-state index is -4.32. The Labute approximate surface area is 121 Å². The zero-order chi connectivity index (χ0) is 15.0. The number of nitrogens with zero attached hydrogens (tertiary/aromatic N) is 1. The lowest BCUT2D eigenvalue weighted by Gasteiger charge is -2.08. The smallest absolute Gasteiger partial charge is 0.370 e. The minimum Gasteiger partial charge on any atom is -0.370 e. The predicted molar refractivity (Wildman–Crippen MR) is 74.5 cm³/mol. The third kappa shape index (κ3) is 3.68. The van der Waals surface area contributed by atoms with Gasteiger partial charge in [0.05, 0.1) is 12.1 Å². The molecular weight excluding hydrogens is 279 g/mol. The molecule has 1 aromatic rings. The Balaban J connectivity index is 1.55. The van der Waals surface area contributed by atoms with Gasteiger partial charge in [0.15, 0.2) is 5.96 Å². The molecule has 2 fully saturated rings.